The Morgan fingerprint density at radius 3 is 2.10 bits per heavy atom. The molecule has 0 amide bonds. The second kappa shape index (κ2) is 11.3. The van der Waals surface area contributed by atoms with E-state index in [4.69, 9.17) is 21.1 Å². The third-order valence-electron chi connectivity index (χ3n) is 4.69. The summed E-state index contributed by atoms with van der Waals surface area (Å²) in [6.45, 7) is 2.08. The van der Waals surface area contributed by atoms with Gasteiger partial charge in [-0.05, 0) is 53.8 Å². The van der Waals surface area contributed by atoms with E-state index in [9.17, 15) is 9.59 Å². The van der Waals surface area contributed by atoms with Crippen LogP contribution in [-0.2, 0) is 16.0 Å². The Morgan fingerprint density at radius 2 is 1.48 bits per heavy atom. The van der Waals surface area contributed by atoms with Gasteiger partial charge in [-0.1, -0.05) is 61.5 Å². The molecule has 160 valence electrons. The summed E-state index contributed by atoms with van der Waals surface area (Å²) < 4.78 is 10.6. The number of rotatable bonds is 9. The van der Waals surface area contributed by atoms with Crippen LogP contribution in [0.1, 0.15) is 35.7 Å². The normalized spacial score (nSPS) is 11.5. The van der Waals surface area contributed by atoms with E-state index in [0.29, 0.717) is 24.2 Å². The van der Waals surface area contributed by atoms with Gasteiger partial charge >= 0.3 is 11.9 Å². The predicted molar refractivity (Wildman–Crippen MR) is 122 cm³/mol. The van der Waals surface area contributed by atoms with E-state index in [1.807, 2.05) is 61.5 Å². The van der Waals surface area contributed by atoms with Crippen LogP contribution in [0.2, 0.25) is 0 Å². The summed E-state index contributed by atoms with van der Waals surface area (Å²) in [5, 5.41) is -0.282. The van der Waals surface area contributed by atoms with E-state index < -0.39 is 5.97 Å². The highest BCUT2D eigenvalue weighted by Crippen LogP contribution is 2.23. The van der Waals surface area contributed by atoms with Gasteiger partial charge < -0.3 is 9.47 Å². The first-order chi connectivity index (χ1) is 15.0. The maximum Gasteiger partial charge on any atom is 0.338 e. The lowest BCUT2D eigenvalue weighted by Crippen LogP contribution is -2.16. The second-order valence-electron chi connectivity index (χ2n) is 7.21. The minimum atomic E-state index is -0.400. The van der Waals surface area contributed by atoms with Gasteiger partial charge in [0.15, 0.2) is 0 Å². The van der Waals surface area contributed by atoms with E-state index in [2.05, 4.69) is 0 Å². The molecule has 0 aliphatic carbocycles. The molecule has 0 aromatic heterocycles. The van der Waals surface area contributed by atoms with Gasteiger partial charge in [0.1, 0.15) is 12.4 Å². The van der Waals surface area contributed by atoms with E-state index in [1.54, 1.807) is 24.3 Å². The van der Waals surface area contributed by atoms with Gasteiger partial charge in [-0.15, -0.1) is 11.6 Å². The molecule has 3 aromatic rings. The molecular weight excluding hydrogens is 412 g/mol. The van der Waals surface area contributed by atoms with Crippen LogP contribution >= 0.6 is 11.6 Å². The Bertz CT molecular complexity index is 982. The van der Waals surface area contributed by atoms with Crippen LogP contribution < -0.4 is 4.74 Å². The van der Waals surface area contributed by atoms with Crippen molar-refractivity contribution in [3.05, 3.63) is 90.0 Å². The van der Waals surface area contributed by atoms with Gasteiger partial charge in [0, 0.05) is 6.42 Å². The van der Waals surface area contributed by atoms with Crippen LogP contribution in [0.4, 0.5) is 0 Å². The van der Waals surface area contributed by atoms with Gasteiger partial charge in [-0.3, -0.25) is 4.79 Å². The van der Waals surface area contributed by atoms with Crippen LogP contribution in [0.3, 0.4) is 0 Å². The summed E-state index contributed by atoms with van der Waals surface area (Å²) in [4.78, 5) is 23.9. The van der Waals surface area contributed by atoms with Crippen molar-refractivity contribution in [3.8, 4) is 16.9 Å². The van der Waals surface area contributed by atoms with Crippen LogP contribution in [-0.4, -0.2) is 23.9 Å². The lowest BCUT2D eigenvalue weighted by Gasteiger charge is -2.11. The summed E-state index contributed by atoms with van der Waals surface area (Å²) in [6, 6.07) is 24.3. The predicted octanol–water partition coefficient (Wildman–Crippen LogP) is 6.07. The molecule has 31 heavy (non-hydrogen) atoms. The van der Waals surface area contributed by atoms with Gasteiger partial charge in [-0.25, -0.2) is 4.79 Å². The summed E-state index contributed by atoms with van der Waals surface area (Å²) in [5.41, 5.74) is 3.48. The lowest BCUT2D eigenvalue weighted by molar-refractivity contribution is -0.134. The number of halogens is 1. The van der Waals surface area contributed by atoms with Crippen LogP contribution in [0.25, 0.3) is 11.1 Å². The first-order valence-corrected chi connectivity index (χ1v) is 10.7. The molecular formula is C26H25ClO4. The molecule has 3 rings (SSSR count). The fourth-order valence-electron chi connectivity index (χ4n) is 3.08. The number of carbonyl (C=O) groups is 2. The molecule has 0 spiro atoms. The maximum absolute atomic E-state index is 12.3. The Hall–Kier alpha value is -3.11. The number of esters is 2. The maximum atomic E-state index is 12.3. The molecule has 0 saturated carbocycles. The molecule has 0 N–H and O–H groups in total. The van der Waals surface area contributed by atoms with E-state index in [-0.39, 0.29) is 18.0 Å². The highest BCUT2D eigenvalue weighted by molar-refractivity contribution is 6.20. The minimum Gasteiger partial charge on any atom is -0.461 e. The van der Waals surface area contributed by atoms with Crippen molar-refractivity contribution in [2.75, 3.05) is 6.61 Å². The van der Waals surface area contributed by atoms with Crippen molar-refractivity contribution < 1.29 is 19.1 Å². The summed E-state index contributed by atoms with van der Waals surface area (Å²) >= 11 is 6.31. The standard InChI is InChI=1S/C26H25ClO4/c1-2-6-25(28)31-24-15-13-21(14-16-24)20-9-11-22(12-10-20)26(29)30-18-23(27)17-19-7-4-3-5-8-19/h3-5,7-16,23H,2,6,17-18H2,1H3. The smallest absolute Gasteiger partial charge is 0.338 e. The quantitative estimate of drug-likeness (QED) is 0.232. The molecule has 0 fully saturated rings. The van der Waals surface area contributed by atoms with Crippen molar-refractivity contribution in [3.63, 3.8) is 0 Å². The van der Waals surface area contributed by atoms with E-state index in [0.717, 1.165) is 23.1 Å². The zero-order valence-electron chi connectivity index (χ0n) is 17.4. The summed E-state index contributed by atoms with van der Waals surface area (Å²) in [6.07, 6.45) is 1.79. The Balaban J connectivity index is 1.53. The third-order valence-corrected chi connectivity index (χ3v) is 4.97. The van der Waals surface area contributed by atoms with Crippen LogP contribution in [0.5, 0.6) is 5.75 Å². The number of alkyl halides is 1. The molecule has 3 aromatic carbocycles. The number of benzene rings is 3. The number of hydrogen-bond donors (Lipinski definition) is 0. The first-order valence-electron chi connectivity index (χ1n) is 10.3. The van der Waals surface area contributed by atoms with E-state index >= 15 is 0 Å². The molecule has 5 heteroatoms. The molecule has 1 atom stereocenters. The van der Waals surface area contributed by atoms with Crippen molar-refractivity contribution in [2.45, 2.75) is 31.6 Å². The second-order valence-corrected chi connectivity index (χ2v) is 7.83. The SMILES string of the molecule is CCCC(=O)Oc1ccc(-c2ccc(C(=O)OCC(Cl)Cc3ccccc3)cc2)cc1. The molecule has 0 saturated heterocycles. The highest BCUT2D eigenvalue weighted by atomic mass is 35.5. The molecule has 0 bridgehead atoms. The molecule has 1 unspecified atom stereocenters. The molecule has 0 radical (unpaired) electrons. The fourth-order valence-corrected chi connectivity index (χ4v) is 3.32. The Labute approximate surface area is 187 Å². The number of carbonyl (C=O) groups excluding carboxylic acids is 2. The van der Waals surface area contributed by atoms with E-state index in [1.165, 1.54) is 0 Å². The molecule has 0 heterocycles. The van der Waals surface area contributed by atoms with Crippen molar-refractivity contribution in [1.29, 1.82) is 0 Å². The lowest BCUT2D eigenvalue weighted by atomic mass is 10.0. The zero-order chi connectivity index (χ0) is 22.1. The van der Waals surface area contributed by atoms with Crippen LogP contribution in [0.15, 0.2) is 78.9 Å². The average Bonchev–Trinajstić information content (AvgIpc) is 2.79. The van der Waals surface area contributed by atoms with Crippen molar-refractivity contribution >= 4 is 23.5 Å². The van der Waals surface area contributed by atoms with Gasteiger partial charge in [0.2, 0.25) is 0 Å². The van der Waals surface area contributed by atoms with Crippen molar-refractivity contribution in [2.24, 2.45) is 0 Å². The Kier molecular flexibility index (Phi) is 8.25. The molecule has 0 aliphatic heterocycles. The minimum absolute atomic E-state index is 0.148. The molecule has 0 aliphatic rings. The van der Waals surface area contributed by atoms with Crippen LogP contribution in [0, 0.1) is 0 Å². The fraction of sp³-hybridized carbons (Fsp3) is 0.231. The highest BCUT2D eigenvalue weighted by Gasteiger charge is 2.12. The third kappa shape index (κ3) is 6.97. The monoisotopic (exact) mass is 436 g/mol. The van der Waals surface area contributed by atoms with Gasteiger partial charge in [-0.2, -0.15) is 0 Å². The topological polar surface area (TPSA) is 52.6 Å². The summed E-state index contributed by atoms with van der Waals surface area (Å²) in [5.74, 6) is -0.113. The van der Waals surface area contributed by atoms with Crippen molar-refractivity contribution in [1.82, 2.24) is 0 Å². The molecule has 4 nitrogen and oxygen atoms in total. The Morgan fingerprint density at radius 1 is 0.871 bits per heavy atom. The summed E-state index contributed by atoms with van der Waals surface area (Å²) in [7, 11) is 0. The van der Waals surface area contributed by atoms with Gasteiger partial charge in [0.05, 0.1) is 10.9 Å². The zero-order valence-corrected chi connectivity index (χ0v) is 18.2. The first kappa shape index (κ1) is 22.6. The number of ether oxygens (including phenoxy) is 2. The average molecular weight is 437 g/mol. The largest absolute Gasteiger partial charge is 0.461 e. The van der Waals surface area contributed by atoms with Gasteiger partial charge in [0.25, 0.3) is 0 Å². The number of hydrogen-bond acceptors (Lipinski definition) is 4.